The average Bonchev–Trinajstić information content (AvgIpc) is 2.08. The number of pyridine rings is 1. The monoisotopic (exact) mass is 175 g/mol. The Balaban J connectivity index is 3.10. The van der Waals surface area contributed by atoms with Crippen LogP contribution in [0.2, 0.25) is 0 Å². The highest BCUT2D eigenvalue weighted by atomic mass is 16.1. The summed E-state index contributed by atoms with van der Waals surface area (Å²) in [5.74, 6) is 0.0863. The van der Waals surface area contributed by atoms with Crippen molar-refractivity contribution in [2.75, 3.05) is 0 Å². The van der Waals surface area contributed by atoms with Crippen molar-refractivity contribution in [3.63, 3.8) is 0 Å². The maximum absolute atomic E-state index is 10.9. The van der Waals surface area contributed by atoms with Gasteiger partial charge < -0.3 is 0 Å². The fourth-order valence-corrected chi connectivity index (χ4v) is 1.16. The molecule has 0 spiro atoms. The maximum atomic E-state index is 10.9. The van der Waals surface area contributed by atoms with Crippen LogP contribution >= 0.6 is 0 Å². The normalized spacial score (nSPS) is 9.31. The van der Waals surface area contributed by atoms with Gasteiger partial charge in [-0.05, 0) is 6.07 Å². The van der Waals surface area contributed by atoms with Gasteiger partial charge in [0.2, 0.25) is 6.54 Å². The van der Waals surface area contributed by atoms with Crippen molar-refractivity contribution in [3.8, 4) is 6.07 Å². The second kappa shape index (κ2) is 3.81. The topological polar surface area (TPSA) is 44.7 Å². The van der Waals surface area contributed by atoms with Gasteiger partial charge in [0.05, 0.1) is 0 Å². The van der Waals surface area contributed by atoms with Crippen LogP contribution in [-0.2, 0) is 11.3 Å². The molecule has 0 N–H and O–H groups in total. The molecular formula is C10H11N2O+. The van der Waals surface area contributed by atoms with Crippen molar-refractivity contribution in [1.29, 1.82) is 5.26 Å². The predicted octanol–water partition coefficient (Wildman–Crippen LogP) is 0.743. The van der Waals surface area contributed by atoms with Gasteiger partial charge in [-0.15, -0.1) is 0 Å². The summed E-state index contributed by atoms with van der Waals surface area (Å²) >= 11 is 0. The van der Waals surface area contributed by atoms with Gasteiger partial charge in [0.1, 0.15) is 11.6 Å². The van der Waals surface area contributed by atoms with Crippen LogP contribution in [0.5, 0.6) is 0 Å². The van der Waals surface area contributed by atoms with Crippen molar-refractivity contribution < 1.29 is 9.36 Å². The van der Waals surface area contributed by atoms with E-state index in [-0.39, 0.29) is 5.78 Å². The number of hydrogen-bond donors (Lipinski definition) is 0. The number of aromatic nitrogens is 1. The molecule has 0 saturated heterocycles. The third-order valence-corrected chi connectivity index (χ3v) is 1.86. The molecule has 0 aromatic carbocycles. The second-order valence-electron chi connectivity index (χ2n) is 2.95. The van der Waals surface area contributed by atoms with E-state index in [9.17, 15) is 4.79 Å². The summed E-state index contributed by atoms with van der Waals surface area (Å²) in [6.07, 6.45) is 1.80. The molecule has 0 saturated carbocycles. The molecule has 0 fully saturated rings. The molecule has 0 radical (unpaired) electrons. The first-order valence-corrected chi connectivity index (χ1v) is 4.03. The largest absolute Gasteiger partial charge is 0.293 e. The van der Waals surface area contributed by atoms with Crippen LogP contribution in [0, 0.1) is 18.3 Å². The average molecular weight is 175 g/mol. The highest BCUT2D eigenvalue weighted by Crippen LogP contribution is 1.98. The van der Waals surface area contributed by atoms with Crippen molar-refractivity contribution in [2.24, 2.45) is 0 Å². The van der Waals surface area contributed by atoms with Crippen molar-refractivity contribution >= 4 is 5.78 Å². The molecule has 1 heterocycles. The molecule has 1 rings (SSSR count). The molecule has 0 bridgehead atoms. The van der Waals surface area contributed by atoms with E-state index >= 15 is 0 Å². The summed E-state index contributed by atoms with van der Waals surface area (Å²) in [5.41, 5.74) is 1.45. The molecule has 13 heavy (non-hydrogen) atoms. The minimum Gasteiger partial charge on any atom is -0.293 e. The van der Waals surface area contributed by atoms with Gasteiger partial charge in [-0.2, -0.15) is 9.83 Å². The Morgan fingerprint density at radius 1 is 1.69 bits per heavy atom. The van der Waals surface area contributed by atoms with Gasteiger partial charge in [-0.3, -0.25) is 4.79 Å². The number of ketones is 1. The van der Waals surface area contributed by atoms with E-state index in [1.54, 1.807) is 22.9 Å². The number of nitriles is 1. The lowest BCUT2D eigenvalue weighted by Gasteiger charge is -1.98. The van der Waals surface area contributed by atoms with E-state index in [1.807, 2.05) is 6.92 Å². The third-order valence-electron chi connectivity index (χ3n) is 1.86. The minimum absolute atomic E-state index is 0.0863. The van der Waals surface area contributed by atoms with Gasteiger partial charge in [0, 0.05) is 19.9 Å². The van der Waals surface area contributed by atoms with Gasteiger partial charge in [-0.1, -0.05) is 0 Å². The van der Waals surface area contributed by atoms with Crippen LogP contribution in [0.25, 0.3) is 0 Å². The summed E-state index contributed by atoms with van der Waals surface area (Å²) in [7, 11) is 0. The molecule has 3 heteroatoms. The quantitative estimate of drug-likeness (QED) is 0.622. The Bertz CT molecular complexity index is 377. The molecule has 0 atom stereocenters. The Labute approximate surface area is 77.2 Å². The summed E-state index contributed by atoms with van der Waals surface area (Å²) in [6.45, 7) is 3.70. The lowest BCUT2D eigenvalue weighted by molar-refractivity contribution is -0.690. The maximum Gasteiger partial charge on any atom is 0.206 e. The molecule has 1 aromatic rings. The lowest BCUT2D eigenvalue weighted by Crippen LogP contribution is -2.40. The number of carbonyl (C=O) groups is 1. The van der Waals surface area contributed by atoms with E-state index in [4.69, 9.17) is 5.26 Å². The van der Waals surface area contributed by atoms with Gasteiger partial charge >= 0.3 is 0 Å². The second-order valence-corrected chi connectivity index (χ2v) is 2.95. The van der Waals surface area contributed by atoms with Crippen LogP contribution in [0.4, 0.5) is 0 Å². The van der Waals surface area contributed by atoms with E-state index in [0.717, 1.165) is 5.69 Å². The molecule has 1 aromatic heterocycles. The molecule has 0 aliphatic carbocycles. The van der Waals surface area contributed by atoms with Crippen molar-refractivity contribution in [3.05, 3.63) is 29.6 Å². The molecule has 0 unspecified atom stereocenters. The Morgan fingerprint density at radius 3 is 2.92 bits per heavy atom. The summed E-state index contributed by atoms with van der Waals surface area (Å²) in [6, 6.07) is 5.59. The fourth-order valence-electron chi connectivity index (χ4n) is 1.16. The molecule has 0 amide bonds. The van der Waals surface area contributed by atoms with Crippen LogP contribution in [0.15, 0.2) is 18.3 Å². The van der Waals surface area contributed by atoms with E-state index in [2.05, 4.69) is 6.07 Å². The highest BCUT2D eigenvalue weighted by Gasteiger charge is 2.11. The summed E-state index contributed by atoms with van der Waals surface area (Å²) in [5, 5.41) is 8.73. The number of carbonyl (C=O) groups excluding carboxylic acids is 1. The zero-order chi connectivity index (χ0) is 9.84. The molecular weight excluding hydrogens is 164 g/mol. The lowest BCUT2D eigenvalue weighted by atomic mass is 10.2. The SMILES string of the molecule is CC(=O)C[n+]1cccc(C#N)c1C. The predicted molar refractivity (Wildman–Crippen MR) is 46.8 cm³/mol. The molecule has 0 aliphatic heterocycles. The number of Topliss-reactive ketones (excluding diaryl/α,β-unsaturated/α-hetero) is 1. The van der Waals surface area contributed by atoms with Crippen molar-refractivity contribution in [1.82, 2.24) is 0 Å². The van der Waals surface area contributed by atoms with E-state index in [0.29, 0.717) is 12.1 Å². The first kappa shape index (κ1) is 9.40. The standard InChI is InChI=1S/C10H11N2O/c1-8(13)7-12-5-3-4-10(6-11)9(12)2/h3-5H,7H2,1-2H3/q+1. The fraction of sp³-hybridized carbons (Fsp3) is 0.300. The summed E-state index contributed by atoms with van der Waals surface area (Å²) in [4.78, 5) is 10.9. The van der Waals surface area contributed by atoms with Gasteiger partial charge in [0.25, 0.3) is 0 Å². The highest BCUT2D eigenvalue weighted by molar-refractivity contribution is 5.73. The van der Waals surface area contributed by atoms with Crippen LogP contribution in [0.1, 0.15) is 18.2 Å². The minimum atomic E-state index is 0.0863. The van der Waals surface area contributed by atoms with Crippen LogP contribution in [-0.4, -0.2) is 5.78 Å². The smallest absolute Gasteiger partial charge is 0.206 e. The number of nitrogens with zero attached hydrogens (tertiary/aromatic N) is 2. The first-order chi connectivity index (χ1) is 6.15. The Morgan fingerprint density at radius 2 is 2.38 bits per heavy atom. The molecule has 0 aliphatic rings. The molecule has 3 nitrogen and oxygen atoms in total. The van der Waals surface area contributed by atoms with Crippen LogP contribution in [0.3, 0.4) is 0 Å². The Hall–Kier alpha value is -1.69. The number of rotatable bonds is 2. The zero-order valence-electron chi connectivity index (χ0n) is 7.74. The van der Waals surface area contributed by atoms with Gasteiger partial charge in [0.15, 0.2) is 17.7 Å². The van der Waals surface area contributed by atoms with E-state index < -0.39 is 0 Å². The Kier molecular flexibility index (Phi) is 2.76. The van der Waals surface area contributed by atoms with Crippen LogP contribution < -0.4 is 4.57 Å². The zero-order valence-corrected chi connectivity index (χ0v) is 7.74. The first-order valence-electron chi connectivity index (χ1n) is 4.03. The van der Waals surface area contributed by atoms with E-state index in [1.165, 1.54) is 6.92 Å². The molecule has 66 valence electrons. The van der Waals surface area contributed by atoms with Gasteiger partial charge in [-0.25, -0.2) is 0 Å². The third kappa shape index (κ3) is 2.12. The van der Waals surface area contributed by atoms with Crippen molar-refractivity contribution in [2.45, 2.75) is 20.4 Å². The summed E-state index contributed by atoms with van der Waals surface area (Å²) < 4.78 is 1.78. The number of hydrogen-bond acceptors (Lipinski definition) is 2.